The van der Waals surface area contributed by atoms with E-state index in [-0.39, 0.29) is 17.3 Å². The molecule has 20 heavy (non-hydrogen) atoms. The number of hydrogen-bond donors (Lipinski definition) is 1. The van der Waals surface area contributed by atoms with Gasteiger partial charge in [0.1, 0.15) is 17.3 Å². The Hall–Kier alpha value is -2.09. The van der Waals surface area contributed by atoms with Crippen LogP contribution in [0.4, 0.5) is 11.4 Å². The fourth-order valence-electron chi connectivity index (χ4n) is 3.03. The van der Waals surface area contributed by atoms with Gasteiger partial charge in [0.05, 0.1) is 4.92 Å². The van der Waals surface area contributed by atoms with Gasteiger partial charge in [0.2, 0.25) is 0 Å². The van der Waals surface area contributed by atoms with E-state index in [1.807, 2.05) is 6.07 Å². The molecule has 0 heterocycles. The number of rotatable bonds is 4. The van der Waals surface area contributed by atoms with E-state index in [2.05, 4.69) is 12.2 Å². The lowest BCUT2D eigenvalue weighted by atomic mass is 9.82. The van der Waals surface area contributed by atoms with Gasteiger partial charge < -0.3 is 5.32 Å². The maximum atomic E-state index is 11.2. The van der Waals surface area contributed by atoms with Crippen LogP contribution in [-0.4, -0.2) is 11.0 Å². The van der Waals surface area contributed by atoms with Crippen molar-refractivity contribution in [3.8, 4) is 6.07 Å². The van der Waals surface area contributed by atoms with Crippen molar-refractivity contribution in [2.45, 2.75) is 45.1 Å². The van der Waals surface area contributed by atoms with Gasteiger partial charge in [0.15, 0.2) is 0 Å². The average Bonchev–Trinajstić information content (AvgIpc) is 2.47. The van der Waals surface area contributed by atoms with Crippen LogP contribution in [0.2, 0.25) is 0 Å². The monoisotopic (exact) mass is 273 g/mol. The third-order valence-electron chi connectivity index (χ3n) is 4.11. The van der Waals surface area contributed by atoms with Crippen LogP contribution in [0.5, 0.6) is 0 Å². The molecule has 1 aromatic rings. The largest absolute Gasteiger partial charge is 0.376 e. The number of benzene rings is 1. The molecule has 0 aliphatic heterocycles. The Morgan fingerprint density at radius 1 is 1.45 bits per heavy atom. The van der Waals surface area contributed by atoms with Gasteiger partial charge in [0.25, 0.3) is 0 Å². The maximum absolute atomic E-state index is 11.2. The van der Waals surface area contributed by atoms with Crippen LogP contribution in [0.3, 0.4) is 0 Å². The van der Waals surface area contributed by atoms with E-state index in [1.54, 1.807) is 12.1 Å². The highest BCUT2D eigenvalue weighted by Gasteiger charge is 2.27. The Kier molecular flexibility index (Phi) is 4.57. The summed E-state index contributed by atoms with van der Waals surface area (Å²) < 4.78 is 0. The van der Waals surface area contributed by atoms with Crippen LogP contribution < -0.4 is 5.32 Å². The van der Waals surface area contributed by atoms with Crippen molar-refractivity contribution in [1.82, 2.24) is 0 Å². The molecule has 1 fully saturated rings. The van der Waals surface area contributed by atoms with E-state index in [9.17, 15) is 10.1 Å². The SMILES string of the molecule is CCC1CCCCC1Nc1cccc(C#N)c1[N+](=O)[O-]. The molecule has 0 aromatic heterocycles. The number of nitro benzene ring substituents is 1. The van der Waals surface area contributed by atoms with Crippen LogP contribution in [0.1, 0.15) is 44.6 Å². The molecule has 0 radical (unpaired) electrons. The lowest BCUT2D eigenvalue weighted by Gasteiger charge is -2.32. The molecule has 1 N–H and O–H groups in total. The fraction of sp³-hybridized carbons (Fsp3) is 0.533. The summed E-state index contributed by atoms with van der Waals surface area (Å²) in [7, 11) is 0. The lowest BCUT2D eigenvalue weighted by molar-refractivity contribution is -0.384. The van der Waals surface area contributed by atoms with Crippen molar-refractivity contribution in [3.05, 3.63) is 33.9 Å². The molecule has 0 amide bonds. The highest BCUT2D eigenvalue weighted by atomic mass is 16.6. The van der Waals surface area contributed by atoms with E-state index >= 15 is 0 Å². The quantitative estimate of drug-likeness (QED) is 0.667. The fourth-order valence-corrected chi connectivity index (χ4v) is 3.03. The lowest BCUT2D eigenvalue weighted by Crippen LogP contribution is -2.32. The molecule has 1 aliphatic carbocycles. The van der Waals surface area contributed by atoms with Gasteiger partial charge in [-0.15, -0.1) is 0 Å². The van der Waals surface area contributed by atoms with Crippen molar-refractivity contribution in [2.24, 2.45) is 5.92 Å². The van der Waals surface area contributed by atoms with Crippen LogP contribution in [0, 0.1) is 27.4 Å². The Morgan fingerprint density at radius 2 is 2.20 bits per heavy atom. The van der Waals surface area contributed by atoms with Crippen LogP contribution in [0.25, 0.3) is 0 Å². The van der Waals surface area contributed by atoms with Crippen LogP contribution in [-0.2, 0) is 0 Å². The molecule has 1 saturated carbocycles. The minimum absolute atomic E-state index is 0.101. The van der Waals surface area contributed by atoms with Gasteiger partial charge in [-0.05, 0) is 30.9 Å². The number of hydrogen-bond acceptors (Lipinski definition) is 4. The number of nitrogens with zero attached hydrogens (tertiary/aromatic N) is 2. The summed E-state index contributed by atoms with van der Waals surface area (Å²) in [6.07, 6.45) is 5.66. The molecule has 106 valence electrons. The van der Waals surface area contributed by atoms with Crippen LogP contribution in [0.15, 0.2) is 18.2 Å². The number of anilines is 1. The van der Waals surface area contributed by atoms with Crippen LogP contribution >= 0.6 is 0 Å². The molecule has 1 aromatic carbocycles. The smallest absolute Gasteiger partial charge is 0.309 e. The van der Waals surface area contributed by atoms with Gasteiger partial charge in [0, 0.05) is 6.04 Å². The molecular weight excluding hydrogens is 254 g/mol. The second kappa shape index (κ2) is 6.38. The van der Waals surface area contributed by atoms with E-state index in [4.69, 9.17) is 5.26 Å². The normalized spacial score (nSPS) is 22.0. The third kappa shape index (κ3) is 2.90. The summed E-state index contributed by atoms with van der Waals surface area (Å²) in [5.41, 5.74) is 0.485. The van der Waals surface area contributed by atoms with E-state index in [0.29, 0.717) is 11.6 Å². The van der Waals surface area contributed by atoms with Gasteiger partial charge in [-0.3, -0.25) is 10.1 Å². The predicted octanol–water partition coefficient (Wildman–Crippen LogP) is 3.85. The van der Waals surface area contributed by atoms with E-state index < -0.39 is 4.92 Å². The Bertz CT molecular complexity index is 536. The second-order valence-electron chi connectivity index (χ2n) is 5.27. The Balaban J connectivity index is 2.29. The summed E-state index contributed by atoms with van der Waals surface area (Å²) in [6.45, 7) is 2.16. The standard InChI is InChI=1S/C15H19N3O2/c1-2-11-6-3-4-8-13(11)17-14-9-5-7-12(10-16)15(14)18(19)20/h5,7,9,11,13,17H,2-4,6,8H2,1H3. The molecule has 0 bridgehead atoms. The van der Waals surface area contributed by atoms with Gasteiger partial charge in [-0.1, -0.05) is 32.3 Å². The molecule has 1 aliphatic rings. The Morgan fingerprint density at radius 3 is 2.85 bits per heavy atom. The summed E-state index contributed by atoms with van der Waals surface area (Å²) in [6, 6.07) is 7.04. The molecule has 2 unspecified atom stereocenters. The van der Waals surface area contributed by atoms with E-state index in [0.717, 1.165) is 19.3 Å². The molecule has 2 atom stereocenters. The van der Waals surface area contributed by atoms with Crippen molar-refractivity contribution < 1.29 is 4.92 Å². The molecule has 5 nitrogen and oxygen atoms in total. The first kappa shape index (κ1) is 14.3. The predicted molar refractivity (Wildman–Crippen MR) is 77.5 cm³/mol. The molecular formula is C15H19N3O2. The highest BCUT2D eigenvalue weighted by Crippen LogP contribution is 2.34. The third-order valence-corrected chi connectivity index (χ3v) is 4.11. The first-order valence-corrected chi connectivity index (χ1v) is 7.11. The van der Waals surface area contributed by atoms with Crippen molar-refractivity contribution in [1.29, 1.82) is 5.26 Å². The number of para-hydroxylation sites is 1. The highest BCUT2D eigenvalue weighted by molar-refractivity contribution is 5.68. The van der Waals surface area contributed by atoms with Gasteiger partial charge in [-0.2, -0.15) is 5.26 Å². The van der Waals surface area contributed by atoms with E-state index in [1.165, 1.54) is 18.9 Å². The molecule has 2 rings (SSSR count). The number of nitrogens with one attached hydrogen (secondary N) is 1. The number of nitriles is 1. The molecule has 0 spiro atoms. The molecule has 5 heteroatoms. The summed E-state index contributed by atoms with van der Waals surface area (Å²) >= 11 is 0. The Labute approximate surface area is 118 Å². The zero-order valence-corrected chi connectivity index (χ0v) is 11.6. The summed E-state index contributed by atoms with van der Waals surface area (Å²) in [4.78, 5) is 10.7. The summed E-state index contributed by atoms with van der Waals surface area (Å²) in [5.74, 6) is 0.550. The van der Waals surface area contributed by atoms with Crippen molar-refractivity contribution in [2.75, 3.05) is 5.32 Å². The van der Waals surface area contributed by atoms with Gasteiger partial charge in [-0.25, -0.2) is 0 Å². The minimum Gasteiger partial charge on any atom is -0.376 e. The average molecular weight is 273 g/mol. The van der Waals surface area contributed by atoms with Gasteiger partial charge >= 0.3 is 5.69 Å². The maximum Gasteiger partial charge on any atom is 0.309 e. The topological polar surface area (TPSA) is 79.0 Å². The number of nitro groups is 1. The minimum atomic E-state index is -0.468. The van der Waals surface area contributed by atoms with Crippen molar-refractivity contribution >= 4 is 11.4 Å². The zero-order valence-electron chi connectivity index (χ0n) is 11.6. The second-order valence-corrected chi connectivity index (χ2v) is 5.27. The zero-order chi connectivity index (χ0) is 14.5. The first-order chi connectivity index (χ1) is 9.67. The summed E-state index contributed by atoms with van der Waals surface area (Å²) in [5, 5.41) is 23.5. The molecule has 0 saturated heterocycles. The first-order valence-electron chi connectivity index (χ1n) is 7.11. The van der Waals surface area contributed by atoms with Crippen molar-refractivity contribution in [3.63, 3.8) is 0 Å².